The van der Waals surface area contributed by atoms with Gasteiger partial charge in [0.05, 0.1) is 12.5 Å². The summed E-state index contributed by atoms with van der Waals surface area (Å²) in [5, 5.41) is 0. The molecule has 1 aliphatic heterocycles. The highest BCUT2D eigenvalue weighted by Crippen LogP contribution is 2.26. The molecule has 20 heavy (non-hydrogen) atoms. The molecule has 0 aliphatic carbocycles. The minimum atomic E-state index is -0.416. The zero-order valence-corrected chi connectivity index (χ0v) is 11.7. The molecular weight excluding hydrogens is 256 g/mol. The number of ether oxygens (including phenoxy) is 1. The molecule has 0 radical (unpaired) electrons. The van der Waals surface area contributed by atoms with Gasteiger partial charge in [0, 0.05) is 18.7 Å². The smallest absolute Gasteiger partial charge is 0.227 e. The van der Waals surface area contributed by atoms with Crippen molar-refractivity contribution in [3.63, 3.8) is 0 Å². The van der Waals surface area contributed by atoms with Crippen LogP contribution in [0.25, 0.3) is 0 Å². The van der Waals surface area contributed by atoms with Crippen molar-refractivity contribution >= 4 is 17.5 Å². The van der Waals surface area contributed by atoms with E-state index in [-0.39, 0.29) is 18.2 Å². The van der Waals surface area contributed by atoms with Crippen LogP contribution in [0.1, 0.15) is 26.2 Å². The van der Waals surface area contributed by atoms with Gasteiger partial charge in [-0.05, 0) is 30.7 Å². The first-order chi connectivity index (χ1) is 9.61. The highest BCUT2D eigenvalue weighted by atomic mass is 16.5. The predicted molar refractivity (Wildman–Crippen MR) is 76.5 cm³/mol. The first kappa shape index (κ1) is 14.4. The van der Waals surface area contributed by atoms with E-state index >= 15 is 0 Å². The molecule has 1 aliphatic rings. The molecule has 1 heterocycles. The van der Waals surface area contributed by atoms with Gasteiger partial charge >= 0.3 is 0 Å². The van der Waals surface area contributed by atoms with E-state index < -0.39 is 5.91 Å². The molecular formula is C15H20N2O3. The number of benzene rings is 1. The summed E-state index contributed by atoms with van der Waals surface area (Å²) in [6.45, 7) is 3.17. The molecule has 1 unspecified atom stereocenters. The van der Waals surface area contributed by atoms with Crippen LogP contribution in [0.3, 0.4) is 0 Å². The van der Waals surface area contributed by atoms with Gasteiger partial charge in [-0.15, -0.1) is 0 Å². The first-order valence-electron chi connectivity index (χ1n) is 6.94. The van der Waals surface area contributed by atoms with Gasteiger partial charge in [0.25, 0.3) is 0 Å². The van der Waals surface area contributed by atoms with E-state index in [4.69, 9.17) is 10.5 Å². The van der Waals surface area contributed by atoms with Gasteiger partial charge in [-0.25, -0.2) is 0 Å². The third-order valence-corrected chi connectivity index (χ3v) is 3.44. The topological polar surface area (TPSA) is 72.6 Å². The molecule has 5 heteroatoms. The van der Waals surface area contributed by atoms with Crippen molar-refractivity contribution in [2.75, 3.05) is 18.1 Å². The number of carbonyl (C=O) groups is 2. The van der Waals surface area contributed by atoms with Crippen molar-refractivity contribution in [3.8, 4) is 5.75 Å². The molecule has 1 atom stereocenters. The van der Waals surface area contributed by atoms with Crippen LogP contribution in [0.15, 0.2) is 24.3 Å². The molecule has 0 aromatic heterocycles. The summed E-state index contributed by atoms with van der Waals surface area (Å²) in [5.74, 6) is -0.0721. The maximum Gasteiger partial charge on any atom is 0.227 e. The van der Waals surface area contributed by atoms with E-state index in [0.717, 1.165) is 24.3 Å². The lowest BCUT2D eigenvalue weighted by atomic mass is 10.1. The molecule has 1 saturated heterocycles. The number of amides is 2. The molecule has 2 N–H and O–H groups in total. The number of carbonyl (C=O) groups excluding carboxylic acids is 2. The average Bonchev–Trinajstić information content (AvgIpc) is 2.82. The van der Waals surface area contributed by atoms with E-state index in [1.165, 1.54) is 0 Å². The first-order valence-corrected chi connectivity index (χ1v) is 6.94. The van der Waals surface area contributed by atoms with Crippen LogP contribution in [-0.4, -0.2) is 25.0 Å². The van der Waals surface area contributed by atoms with Gasteiger partial charge in [0.2, 0.25) is 11.8 Å². The second kappa shape index (κ2) is 6.41. The van der Waals surface area contributed by atoms with Crippen LogP contribution in [0.5, 0.6) is 5.75 Å². The molecule has 1 fully saturated rings. The molecule has 0 spiro atoms. The van der Waals surface area contributed by atoms with Gasteiger partial charge in [-0.1, -0.05) is 13.3 Å². The number of hydrogen-bond donors (Lipinski definition) is 1. The minimum absolute atomic E-state index is 0.0616. The SMILES string of the molecule is CCCCOc1ccc(N2CC(C(N)=O)CC2=O)cc1. The summed E-state index contributed by atoms with van der Waals surface area (Å²) < 4.78 is 5.57. The third kappa shape index (κ3) is 3.29. The molecule has 1 aromatic carbocycles. The fraction of sp³-hybridized carbons (Fsp3) is 0.467. The van der Waals surface area contributed by atoms with Crippen molar-refractivity contribution in [3.05, 3.63) is 24.3 Å². The average molecular weight is 276 g/mol. The summed E-state index contributed by atoms with van der Waals surface area (Å²) in [5.41, 5.74) is 6.03. The Morgan fingerprint density at radius 3 is 2.65 bits per heavy atom. The number of primary amides is 1. The largest absolute Gasteiger partial charge is 0.494 e. The zero-order chi connectivity index (χ0) is 14.5. The van der Waals surface area contributed by atoms with Gasteiger partial charge in [-0.2, -0.15) is 0 Å². The Morgan fingerprint density at radius 2 is 2.10 bits per heavy atom. The van der Waals surface area contributed by atoms with Crippen molar-refractivity contribution < 1.29 is 14.3 Å². The van der Waals surface area contributed by atoms with E-state index in [2.05, 4.69) is 6.92 Å². The quantitative estimate of drug-likeness (QED) is 0.804. The second-order valence-electron chi connectivity index (χ2n) is 5.00. The number of anilines is 1. The summed E-state index contributed by atoms with van der Waals surface area (Å²) in [7, 11) is 0. The molecule has 0 saturated carbocycles. The van der Waals surface area contributed by atoms with Gasteiger partial charge in [0.15, 0.2) is 0 Å². The van der Waals surface area contributed by atoms with E-state index in [0.29, 0.717) is 13.2 Å². The lowest BCUT2D eigenvalue weighted by Gasteiger charge is -2.16. The summed E-state index contributed by atoms with van der Waals surface area (Å²) >= 11 is 0. The Kier molecular flexibility index (Phi) is 4.61. The highest BCUT2D eigenvalue weighted by molar-refractivity contribution is 6.00. The molecule has 2 rings (SSSR count). The monoisotopic (exact) mass is 276 g/mol. The number of nitrogens with two attached hydrogens (primary N) is 1. The number of nitrogens with zero attached hydrogens (tertiary/aromatic N) is 1. The van der Waals surface area contributed by atoms with Crippen LogP contribution in [-0.2, 0) is 9.59 Å². The Bertz CT molecular complexity index is 484. The van der Waals surface area contributed by atoms with E-state index in [1.807, 2.05) is 24.3 Å². The highest BCUT2D eigenvalue weighted by Gasteiger charge is 2.33. The van der Waals surface area contributed by atoms with Crippen molar-refractivity contribution in [2.45, 2.75) is 26.2 Å². The van der Waals surface area contributed by atoms with Crippen LogP contribution >= 0.6 is 0 Å². The Morgan fingerprint density at radius 1 is 1.40 bits per heavy atom. The van der Waals surface area contributed by atoms with Gasteiger partial charge in [-0.3, -0.25) is 9.59 Å². The standard InChI is InChI=1S/C15H20N2O3/c1-2-3-8-20-13-6-4-12(5-7-13)17-10-11(15(16)19)9-14(17)18/h4-7,11H,2-3,8-10H2,1H3,(H2,16,19). The third-order valence-electron chi connectivity index (χ3n) is 3.44. The molecule has 1 aromatic rings. The van der Waals surface area contributed by atoms with Crippen LogP contribution in [0.2, 0.25) is 0 Å². The fourth-order valence-electron chi connectivity index (χ4n) is 2.20. The van der Waals surface area contributed by atoms with E-state index in [9.17, 15) is 9.59 Å². The Balaban J connectivity index is 1.99. The van der Waals surface area contributed by atoms with E-state index in [1.54, 1.807) is 4.90 Å². The van der Waals surface area contributed by atoms with Gasteiger partial charge < -0.3 is 15.4 Å². The van der Waals surface area contributed by atoms with Crippen molar-refractivity contribution in [1.82, 2.24) is 0 Å². The molecule has 108 valence electrons. The Labute approximate surface area is 118 Å². The minimum Gasteiger partial charge on any atom is -0.494 e. The fourth-order valence-corrected chi connectivity index (χ4v) is 2.20. The molecule has 0 bridgehead atoms. The van der Waals surface area contributed by atoms with Gasteiger partial charge in [0.1, 0.15) is 5.75 Å². The Hall–Kier alpha value is -2.04. The lowest BCUT2D eigenvalue weighted by molar-refractivity contribution is -0.123. The number of hydrogen-bond acceptors (Lipinski definition) is 3. The number of unbranched alkanes of at least 4 members (excludes halogenated alkanes) is 1. The lowest BCUT2D eigenvalue weighted by Crippen LogP contribution is -2.28. The van der Waals surface area contributed by atoms with Crippen LogP contribution in [0.4, 0.5) is 5.69 Å². The maximum atomic E-state index is 11.9. The summed E-state index contributed by atoms with van der Waals surface area (Å²) in [6, 6.07) is 7.36. The normalized spacial score (nSPS) is 18.4. The second-order valence-corrected chi connectivity index (χ2v) is 5.00. The van der Waals surface area contributed by atoms with Crippen LogP contribution in [0, 0.1) is 5.92 Å². The zero-order valence-electron chi connectivity index (χ0n) is 11.7. The van der Waals surface area contributed by atoms with Crippen molar-refractivity contribution in [2.24, 2.45) is 11.7 Å². The molecule has 2 amide bonds. The summed E-state index contributed by atoms with van der Waals surface area (Å²) in [4.78, 5) is 24.6. The van der Waals surface area contributed by atoms with Crippen LogP contribution < -0.4 is 15.4 Å². The predicted octanol–water partition coefficient (Wildman–Crippen LogP) is 1.70. The summed E-state index contributed by atoms with van der Waals surface area (Å²) in [6.07, 6.45) is 2.31. The van der Waals surface area contributed by atoms with Crippen molar-refractivity contribution in [1.29, 1.82) is 0 Å². The molecule has 5 nitrogen and oxygen atoms in total. The maximum absolute atomic E-state index is 11.9. The number of rotatable bonds is 6.